The van der Waals surface area contributed by atoms with Crippen molar-refractivity contribution in [1.29, 1.82) is 0 Å². The number of esters is 2. The van der Waals surface area contributed by atoms with Gasteiger partial charge >= 0.3 is 11.9 Å². The van der Waals surface area contributed by atoms with Gasteiger partial charge in [0.2, 0.25) is 11.5 Å². The molecule has 0 saturated carbocycles. The second kappa shape index (κ2) is 6.38. The number of hydrogen-bond acceptors (Lipinski definition) is 8. The predicted octanol–water partition coefficient (Wildman–Crippen LogP) is 2.41. The number of fused-ring (bicyclic) bond motifs is 1. The van der Waals surface area contributed by atoms with Crippen LogP contribution in [0.25, 0.3) is 0 Å². The van der Waals surface area contributed by atoms with Gasteiger partial charge in [0.1, 0.15) is 11.9 Å². The van der Waals surface area contributed by atoms with Crippen LogP contribution in [-0.4, -0.2) is 60.1 Å². The maximum atomic E-state index is 12.3. The monoisotopic (exact) mass is 443 g/mol. The Morgan fingerprint density at radius 2 is 2.22 bits per heavy atom. The standard InChI is InChI=1S/C24H29NO7/c1-6-7-16(29-13(4)26)23-15-8-9-25(23)14-10-17(23)31-24(15)18(14)11(2)20(32-24)21-19(28-5)12(3)22(27)30-21/h6,11,14-18H,1,7-10H2,2-5H3/b21-20-/t11-,14?,15?,16-,17?,18?,23?,24-/m1/s1. The Bertz CT molecular complexity index is 1000. The summed E-state index contributed by atoms with van der Waals surface area (Å²) >= 11 is 0. The highest BCUT2D eigenvalue weighted by Crippen LogP contribution is 2.73. The largest absolute Gasteiger partial charge is 0.492 e. The van der Waals surface area contributed by atoms with Gasteiger partial charge in [0.05, 0.1) is 36.2 Å². The van der Waals surface area contributed by atoms with Crippen LogP contribution in [0, 0.1) is 17.8 Å². The second-order valence-corrected chi connectivity index (χ2v) is 9.83. The molecule has 6 aliphatic heterocycles. The molecule has 5 fully saturated rings. The lowest BCUT2D eigenvalue weighted by atomic mass is 9.68. The third-order valence-electron chi connectivity index (χ3n) is 8.68. The maximum Gasteiger partial charge on any atom is 0.343 e. The molecule has 0 aromatic rings. The number of ether oxygens (including phenoxy) is 5. The van der Waals surface area contributed by atoms with E-state index >= 15 is 0 Å². The lowest BCUT2D eigenvalue weighted by Crippen LogP contribution is -2.65. The number of allylic oxidation sites excluding steroid dienone is 1. The van der Waals surface area contributed by atoms with Gasteiger partial charge in [-0.1, -0.05) is 13.0 Å². The van der Waals surface area contributed by atoms with Gasteiger partial charge in [-0.2, -0.15) is 0 Å². The normalized spacial score (nSPS) is 48.1. The summed E-state index contributed by atoms with van der Waals surface area (Å²) in [5.41, 5.74) is 0.0265. The summed E-state index contributed by atoms with van der Waals surface area (Å²) in [5, 5.41) is 0. The quantitative estimate of drug-likeness (QED) is 0.473. The van der Waals surface area contributed by atoms with Crippen LogP contribution in [0.1, 0.15) is 40.0 Å². The molecule has 6 unspecified atom stereocenters. The number of nitrogens with zero attached hydrogens (tertiary/aromatic N) is 1. The number of rotatable bonds is 5. The van der Waals surface area contributed by atoms with Crippen molar-refractivity contribution in [1.82, 2.24) is 4.90 Å². The maximum absolute atomic E-state index is 12.3. The lowest BCUT2D eigenvalue weighted by Gasteiger charge is -2.50. The third-order valence-corrected chi connectivity index (χ3v) is 8.68. The number of methoxy groups -OCH3 is 1. The molecular formula is C24H29NO7. The minimum absolute atomic E-state index is 0.00872. The predicted molar refractivity (Wildman–Crippen MR) is 110 cm³/mol. The van der Waals surface area contributed by atoms with E-state index in [9.17, 15) is 9.59 Å². The number of piperidine rings is 1. The van der Waals surface area contributed by atoms with Crippen molar-refractivity contribution in [3.63, 3.8) is 0 Å². The zero-order valence-corrected chi connectivity index (χ0v) is 18.9. The van der Waals surface area contributed by atoms with Crippen molar-refractivity contribution < 1.29 is 33.3 Å². The van der Waals surface area contributed by atoms with Gasteiger partial charge in [0.15, 0.2) is 5.76 Å². The first-order valence-corrected chi connectivity index (χ1v) is 11.4. The molecule has 9 atom stereocenters. The smallest absolute Gasteiger partial charge is 0.343 e. The third kappa shape index (κ3) is 2.07. The summed E-state index contributed by atoms with van der Waals surface area (Å²) in [7, 11) is 1.53. The number of carbonyl (C=O) groups excluding carboxylic acids is 2. The highest BCUT2D eigenvalue weighted by atomic mass is 16.7. The molecule has 0 radical (unpaired) electrons. The molecule has 0 aromatic heterocycles. The van der Waals surface area contributed by atoms with Gasteiger partial charge in [0.25, 0.3) is 0 Å². The molecule has 5 bridgehead atoms. The first kappa shape index (κ1) is 20.3. The van der Waals surface area contributed by atoms with Crippen molar-refractivity contribution in [2.75, 3.05) is 13.7 Å². The van der Waals surface area contributed by atoms with Crippen molar-refractivity contribution in [2.45, 2.75) is 69.6 Å². The van der Waals surface area contributed by atoms with Gasteiger partial charge in [-0.05, 0) is 26.3 Å². The minimum Gasteiger partial charge on any atom is -0.492 e. The molecule has 172 valence electrons. The van der Waals surface area contributed by atoms with E-state index < -0.39 is 17.3 Å². The molecule has 8 nitrogen and oxygen atoms in total. The zero-order valence-electron chi connectivity index (χ0n) is 18.9. The van der Waals surface area contributed by atoms with E-state index in [4.69, 9.17) is 23.7 Å². The molecule has 8 heteroatoms. The summed E-state index contributed by atoms with van der Waals surface area (Å²) < 4.78 is 30.5. The van der Waals surface area contributed by atoms with Crippen molar-refractivity contribution in [3.05, 3.63) is 35.5 Å². The molecule has 0 aliphatic carbocycles. The van der Waals surface area contributed by atoms with Crippen LogP contribution in [0.2, 0.25) is 0 Å². The van der Waals surface area contributed by atoms with E-state index in [2.05, 4.69) is 18.4 Å². The van der Waals surface area contributed by atoms with E-state index in [1.807, 2.05) is 6.08 Å². The van der Waals surface area contributed by atoms with Crippen LogP contribution in [0.4, 0.5) is 0 Å². The Labute approximate surface area is 187 Å². The van der Waals surface area contributed by atoms with Crippen molar-refractivity contribution >= 4 is 11.9 Å². The molecule has 6 rings (SSSR count). The van der Waals surface area contributed by atoms with E-state index in [1.54, 1.807) is 6.92 Å². The molecule has 6 heterocycles. The van der Waals surface area contributed by atoms with E-state index in [0.29, 0.717) is 29.3 Å². The van der Waals surface area contributed by atoms with Gasteiger partial charge in [-0.15, -0.1) is 6.58 Å². The van der Waals surface area contributed by atoms with Crippen LogP contribution >= 0.6 is 0 Å². The summed E-state index contributed by atoms with van der Waals surface area (Å²) in [6.45, 7) is 10.1. The highest BCUT2D eigenvalue weighted by molar-refractivity contribution is 5.93. The van der Waals surface area contributed by atoms with Gasteiger partial charge in [0, 0.05) is 25.3 Å². The minimum atomic E-state index is -0.816. The Balaban J connectivity index is 1.47. The molecular weight excluding hydrogens is 414 g/mol. The van der Waals surface area contributed by atoms with Crippen LogP contribution < -0.4 is 0 Å². The van der Waals surface area contributed by atoms with E-state index in [-0.39, 0.29) is 42.0 Å². The first-order valence-electron chi connectivity index (χ1n) is 11.4. The summed E-state index contributed by atoms with van der Waals surface area (Å²) in [4.78, 5) is 26.8. The fourth-order valence-corrected chi connectivity index (χ4v) is 7.89. The average molecular weight is 443 g/mol. The number of hydrogen-bond donors (Lipinski definition) is 0. The molecule has 5 saturated heterocycles. The van der Waals surface area contributed by atoms with Crippen molar-refractivity contribution in [3.8, 4) is 0 Å². The number of cyclic esters (lactones) is 1. The van der Waals surface area contributed by atoms with Crippen LogP contribution in [0.15, 0.2) is 35.5 Å². The zero-order chi connectivity index (χ0) is 22.6. The molecule has 6 aliphatic rings. The fraction of sp³-hybridized carbons (Fsp3) is 0.667. The van der Waals surface area contributed by atoms with Gasteiger partial charge in [-0.25, -0.2) is 4.79 Å². The number of carbonyl (C=O) groups is 2. The SMILES string of the molecule is C=CC[C@@H](OC(C)=O)C12C3CC4C5[C@@H](C)/C(=C6/OC(=O)C(C)=C6OC)O[C@]5(O3)C1CCN42. The Morgan fingerprint density at radius 3 is 2.91 bits per heavy atom. The lowest BCUT2D eigenvalue weighted by molar-refractivity contribution is -0.257. The van der Waals surface area contributed by atoms with E-state index in [1.165, 1.54) is 14.0 Å². The van der Waals surface area contributed by atoms with Gasteiger partial charge in [-0.3, -0.25) is 9.69 Å². The van der Waals surface area contributed by atoms with E-state index in [0.717, 1.165) is 19.4 Å². The summed E-state index contributed by atoms with van der Waals surface area (Å²) in [6.07, 6.45) is 3.74. The Morgan fingerprint density at radius 1 is 1.44 bits per heavy atom. The molecule has 0 N–H and O–H groups in total. The molecule has 0 aromatic carbocycles. The Kier molecular flexibility index (Phi) is 4.05. The Hall–Kier alpha value is -2.32. The molecule has 0 amide bonds. The topological polar surface area (TPSA) is 83.5 Å². The van der Waals surface area contributed by atoms with Crippen LogP contribution in [0.3, 0.4) is 0 Å². The van der Waals surface area contributed by atoms with Gasteiger partial charge < -0.3 is 23.7 Å². The van der Waals surface area contributed by atoms with Crippen LogP contribution in [-0.2, 0) is 33.3 Å². The molecule has 1 spiro atoms. The highest BCUT2D eigenvalue weighted by Gasteiger charge is 2.86. The molecule has 32 heavy (non-hydrogen) atoms. The second-order valence-electron chi connectivity index (χ2n) is 9.83. The average Bonchev–Trinajstić information content (AvgIpc) is 3.46. The summed E-state index contributed by atoms with van der Waals surface area (Å²) in [6, 6.07) is 0.247. The fourth-order valence-electron chi connectivity index (χ4n) is 7.89. The first-order chi connectivity index (χ1) is 15.3. The van der Waals surface area contributed by atoms with Crippen molar-refractivity contribution in [2.24, 2.45) is 17.8 Å². The summed E-state index contributed by atoms with van der Waals surface area (Å²) in [5.74, 6) is 0.0417. The van der Waals surface area contributed by atoms with Crippen LogP contribution in [0.5, 0.6) is 0 Å².